The van der Waals surface area contributed by atoms with Gasteiger partial charge in [0.2, 0.25) is 0 Å². The van der Waals surface area contributed by atoms with Gasteiger partial charge in [-0.2, -0.15) is 5.48 Å². The highest BCUT2D eigenvalue weighted by Crippen LogP contribution is 1.89. The third-order valence-electron chi connectivity index (χ3n) is 0.758. The zero-order valence-electron chi connectivity index (χ0n) is 6.51. The molecule has 0 saturated heterocycles. The van der Waals surface area contributed by atoms with Crippen molar-refractivity contribution in [1.82, 2.24) is 5.48 Å². The van der Waals surface area contributed by atoms with Gasteiger partial charge >= 0.3 is 6.09 Å². The van der Waals surface area contributed by atoms with E-state index >= 15 is 0 Å². The van der Waals surface area contributed by atoms with E-state index in [2.05, 4.69) is 10.2 Å². The third kappa shape index (κ3) is 5.37. The summed E-state index contributed by atoms with van der Waals surface area (Å²) in [4.78, 5) is 15.1. The maximum atomic E-state index is 10.3. The molecule has 0 saturated carbocycles. The van der Waals surface area contributed by atoms with Gasteiger partial charge in [-0.1, -0.05) is 13.8 Å². The van der Waals surface area contributed by atoms with E-state index in [0.717, 1.165) is 0 Å². The predicted octanol–water partition coefficient (Wildman–Crippen LogP) is 0.930. The van der Waals surface area contributed by atoms with Crippen molar-refractivity contribution in [2.24, 2.45) is 5.92 Å². The molecule has 1 amide bonds. The van der Waals surface area contributed by atoms with Gasteiger partial charge in [-0.25, -0.2) is 4.79 Å². The number of amides is 1. The summed E-state index contributed by atoms with van der Waals surface area (Å²) in [6.45, 7) is 4.47. The molecule has 0 aliphatic heterocycles. The van der Waals surface area contributed by atoms with E-state index in [0.29, 0.717) is 12.5 Å². The summed E-state index contributed by atoms with van der Waals surface area (Å²) in [6, 6.07) is 0. The Morgan fingerprint density at radius 2 is 2.20 bits per heavy atom. The Hall–Kier alpha value is -0.770. The number of hydrogen-bond acceptors (Lipinski definition) is 3. The van der Waals surface area contributed by atoms with E-state index in [4.69, 9.17) is 4.84 Å². The summed E-state index contributed by atoms with van der Waals surface area (Å²) in [7, 11) is 1.29. The number of carbonyl (C=O) groups excluding carboxylic acids is 1. The van der Waals surface area contributed by atoms with Crippen molar-refractivity contribution < 1.29 is 14.4 Å². The van der Waals surface area contributed by atoms with Gasteiger partial charge in [0.1, 0.15) is 0 Å². The minimum atomic E-state index is -0.569. The Labute approximate surface area is 60.5 Å². The second-order valence-corrected chi connectivity index (χ2v) is 2.30. The maximum absolute atomic E-state index is 10.3. The molecule has 4 nitrogen and oxygen atoms in total. The van der Waals surface area contributed by atoms with Crippen LogP contribution in [0.15, 0.2) is 0 Å². The molecule has 10 heavy (non-hydrogen) atoms. The Morgan fingerprint density at radius 1 is 1.60 bits per heavy atom. The fourth-order valence-corrected chi connectivity index (χ4v) is 0.309. The van der Waals surface area contributed by atoms with Gasteiger partial charge in [0.15, 0.2) is 0 Å². The molecule has 0 aromatic rings. The molecule has 4 heteroatoms. The molecule has 0 fully saturated rings. The number of ether oxygens (including phenoxy) is 1. The number of hydrogen-bond donors (Lipinski definition) is 1. The Balaban J connectivity index is 3.12. The van der Waals surface area contributed by atoms with Crippen molar-refractivity contribution in [2.75, 3.05) is 13.7 Å². The molecule has 0 aliphatic carbocycles. The molecule has 0 aromatic carbocycles. The lowest BCUT2D eigenvalue weighted by Gasteiger charge is -2.05. The van der Waals surface area contributed by atoms with Crippen molar-refractivity contribution in [3.8, 4) is 0 Å². The summed E-state index contributed by atoms with van der Waals surface area (Å²) in [6.07, 6.45) is -0.569. The standard InChI is InChI=1S/C6H13NO3/c1-5(2)4-10-7-6(8)9-3/h5H,4H2,1-3H3,(H,7,8). The Kier molecular flexibility index (Phi) is 4.66. The van der Waals surface area contributed by atoms with E-state index < -0.39 is 6.09 Å². The monoisotopic (exact) mass is 147 g/mol. The summed E-state index contributed by atoms with van der Waals surface area (Å²) < 4.78 is 4.26. The zero-order chi connectivity index (χ0) is 7.98. The van der Waals surface area contributed by atoms with E-state index in [1.807, 2.05) is 13.8 Å². The van der Waals surface area contributed by atoms with Crippen LogP contribution in [0.1, 0.15) is 13.8 Å². The number of methoxy groups -OCH3 is 1. The van der Waals surface area contributed by atoms with Crippen molar-refractivity contribution in [1.29, 1.82) is 0 Å². The SMILES string of the molecule is COC(=O)NOCC(C)C. The van der Waals surface area contributed by atoms with Crippen LogP contribution in [0.3, 0.4) is 0 Å². The van der Waals surface area contributed by atoms with Gasteiger partial charge in [0, 0.05) is 0 Å². The smallest absolute Gasteiger partial charge is 0.431 e. The van der Waals surface area contributed by atoms with Crippen molar-refractivity contribution >= 4 is 6.09 Å². The molecule has 1 N–H and O–H groups in total. The van der Waals surface area contributed by atoms with Crippen LogP contribution in [0.2, 0.25) is 0 Å². The summed E-state index contributed by atoms with van der Waals surface area (Å²) in [5.74, 6) is 0.400. The second-order valence-electron chi connectivity index (χ2n) is 2.30. The summed E-state index contributed by atoms with van der Waals surface area (Å²) in [5, 5.41) is 0. The van der Waals surface area contributed by atoms with Crippen LogP contribution in [-0.2, 0) is 9.57 Å². The number of hydroxylamine groups is 1. The summed E-state index contributed by atoms with van der Waals surface area (Å²) >= 11 is 0. The minimum Gasteiger partial charge on any atom is -0.451 e. The summed E-state index contributed by atoms with van der Waals surface area (Å²) in [5.41, 5.74) is 2.10. The van der Waals surface area contributed by atoms with Crippen LogP contribution < -0.4 is 5.48 Å². The molecule has 0 radical (unpaired) electrons. The lowest BCUT2D eigenvalue weighted by Crippen LogP contribution is -2.25. The highest BCUT2D eigenvalue weighted by molar-refractivity contribution is 5.65. The molecule has 0 spiro atoms. The first-order valence-electron chi connectivity index (χ1n) is 3.12. The molecule has 0 unspecified atom stereocenters. The molecular formula is C6H13NO3. The number of carbonyl (C=O) groups is 1. The van der Waals surface area contributed by atoms with Gasteiger partial charge in [-0.05, 0) is 5.92 Å². The van der Waals surface area contributed by atoms with E-state index in [9.17, 15) is 4.79 Å². The van der Waals surface area contributed by atoms with Crippen LogP contribution in [0.5, 0.6) is 0 Å². The highest BCUT2D eigenvalue weighted by Gasteiger charge is 1.97. The molecule has 60 valence electrons. The first-order valence-corrected chi connectivity index (χ1v) is 3.12. The van der Waals surface area contributed by atoms with Crippen LogP contribution in [0.4, 0.5) is 4.79 Å². The lowest BCUT2D eigenvalue weighted by atomic mass is 10.2. The zero-order valence-corrected chi connectivity index (χ0v) is 6.51. The van der Waals surface area contributed by atoms with Gasteiger partial charge in [-0.3, -0.25) is 4.84 Å². The highest BCUT2D eigenvalue weighted by atomic mass is 16.7. The number of nitrogens with one attached hydrogen (secondary N) is 1. The van der Waals surface area contributed by atoms with Gasteiger partial charge < -0.3 is 4.74 Å². The minimum absolute atomic E-state index is 0.400. The molecule has 0 aliphatic rings. The quantitative estimate of drug-likeness (QED) is 0.604. The average Bonchev–Trinajstić information content (AvgIpc) is 1.87. The van der Waals surface area contributed by atoms with Gasteiger partial charge in [0.05, 0.1) is 13.7 Å². The fraction of sp³-hybridized carbons (Fsp3) is 0.833. The lowest BCUT2D eigenvalue weighted by molar-refractivity contribution is 0.0219. The van der Waals surface area contributed by atoms with Gasteiger partial charge in [0.25, 0.3) is 0 Å². The Morgan fingerprint density at radius 3 is 2.60 bits per heavy atom. The Bertz CT molecular complexity index is 103. The van der Waals surface area contributed by atoms with E-state index in [-0.39, 0.29) is 0 Å². The topological polar surface area (TPSA) is 47.6 Å². The maximum Gasteiger partial charge on any atom is 0.431 e. The van der Waals surface area contributed by atoms with Crippen LogP contribution in [-0.4, -0.2) is 19.8 Å². The van der Waals surface area contributed by atoms with Crippen LogP contribution >= 0.6 is 0 Å². The molecule has 0 bridgehead atoms. The number of rotatable bonds is 3. The normalized spacial score (nSPS) is 9.60. The average molecular weight is 147 g/mol. The fourth-order valence-electron chi connectivity index (χ4n) is 0.309. The molecule has 0 heterocycles. The molecular weight excluding hydrogens is 134 g/mol. The predicted molar refractivity (Wildman–Crippen MR) is 36.3 cm³/mol. The first kappa shape index (κ1) is 9.23. The van der Waals surface area contributed by atoms with Crippen LogP contribution in [0, 0.1) is 5.92 Å². The third-order valence-corrected chi connectivity index (χ3v) is 0.758. The van der Waals surface area contributed by atoms with Crippen LogP contribution in [0.25, 0.3) is 0 Å². The van der Waals surface area contributed by atoms with E-state index in [1.165, 1.54) is 7.11 Å². The van der Waals surface area contributed by atoms with Gasteiger partial charge in [-0.15, -0.1) is 0 Å². The molecule has 0 rings (SSSR count). The largest absolute Gasteiger partial charge is 0.451 e. The van der Waals surface area contributed by atoms with Crippen molar-refractivity contribution in [3.05, 3.63) is 0 Å². The molecule has 0 aromatic heterocycles. The first-order chi connectivity index (χ1) is 4.66. The van der Waals surface area contributed by atoms with Crippen molar-refractivity contribution in [3.63, 3.8) is 0 Å². The molecule has 0 atom stereocenters. The van der Waals surface area contributed by atoms with Crippen molar-refractivity contribution in [2.45, 2.75) is 13.8 Å². The van der Waals surface area contributed by atoms with E-state index in [1.54, 1.807) is 0 Å². The second kappa shape index (κ2) is 5.05.